The van der Waals surface area contributed by atoms with E-state index in [0.717, 1.165) is 30.0 Å². The van der Waals surface area contributed by atoms with Crippen molar-refractivity contribution in [2.75, 3.05) is 12.4 Å². The summed E-state index contributed by atoms with van der Waals surface area (Å²) in [5.41, 5.74) is 1.81. The van der Waals surface area contributed by atoms with Crippen LogP contribution in [-0.4, -0.2) is 23.2 Å². The van der Waals surface area contributed by atoms with Crippen molar-refractivity contribution in [1.82, 2.24) is 15.5 Å². The fourth-order valence-electron chi connectivity index (χ4n) is 2.04. The molecule has 2 aromatic rings. The van der Waals surface area contributed by atoms with Crippen LogP contribution in [0.2, 0.25) is 0 Å². The topological polar surface area (TPSA) is 66.9 Å². The zero-order chi connectivity index (χ0) is 14.3. The van der Waals surface area contributed by atoms with Crippen LogP contribution >= 0.6 is 39.0 Å². The number of hydrogen-bond donors (Lipinski definition) is 2. The minimum absolute atomic E-state index is 0.0247. The van der Waals surface area contributed by atoms with Crippen molar-refractivity contribution in [1.29, 1.82) is 0 Å². The van der Waals surface area contributed by atoms with Crippen LogP contribution in [0.15, 0.2) is 25.8 Å². The molecule has 1 aromatic heterocycles. The van der Waals surface area contributed by atoms with Gasteiger partial charge in [0.1, 0.15) is 11.0 Å². The molecule has 0 radical (unpaired) electrons. The highest BCUT2D eigenvalue weighted by atomic mass is 79.9. The number of aromatic nitrogens is 2. The Balaban J connectivity index is 1.95. The minimum atomic E-state index is -0.288. The van der Waals surface area contributed by atoms with Crippen molar-refractivity contribution in [3.63, 3.8) is 0 Å². The van der Waals surface area contributed by atoms with E-state index in [4.69, 9.17) is 0 Å². The number of fused-ring (bicyclic) bond motifs is 1. The fourth-order valence-corrected chi connectivity index (χ4v) is 4.46. The van der Waals surface area contributed by atoms with Crippen LogP contribution in [-0.2, 0) is 4.79 Å². The Bertz CT molecular complexity index is 688. The summed E-state index contributed by atoms with van der Waals surface area (Å²) in [7, 11) is 1.78. The van der Waals surface area contributed by atoms with Crippen molar-refractivity contribution in [2.45, 2.75) is 22.2 Å². The second-order valence-electron chi connectivity index (χ2n) is 4.27. The summed E-state index contributed by atoms with van der Waals surface area (Å²) < 4.78 is 1.84. The zero-order valence-electron chi connectivity index (χ0n) is 10.7. The standard InChI is InChI=1S/C12H11BrN4OS2/c1-5-16-17-12(19-5)20-9-4-8-6(3-7(9)13)10(14-2)11(18)15-8/h3-4,10,14H,1-2H3,(H,15,18). The zero-order valence-corrected chi connectivity index (χ0v) is 13.9. The minimum Gasteiger partial charge on any atom is -0.324 e. The number of rotatable bonds is 3. The number of carbonyl (C=O) groups excluding carboxylic acids is 1. The molecule has 20 heavy (non-hydrogen) atoms. The first-order valence-electron chi connectivity index (χ1n) is 5.88. The Hall–Kier alpha value is -0.960. The van der Waals surface area contributed by atoms with Crippen molar-refractivity contribution >= 4 is 50.6 Å². The highest BCUT2D eigenvalue weighted by Gasteiger charge is 2.30. The molecular formula is C12H11BrN4OS2. The van der Waals surface area contributed by atoms with Crippen LogP contribution in [0.1, 0.15) is 16.6 Å². The number of amides is 1. The smallest absolute Gasteiger partial charge is 0.246 e. The SMILES string of the molecule is CNC1C(=O)Nc2cc(Sc3nnc(C)s3)c(Br)cc21. The Morgan fingerprint density at radius 2 is 2.25 bits per heavy atom. The first-order valence-corrected chi connectivity index (χ1v) is 8.30. The molecule has 1 amide bonds. The molecule has 104 valence electrons. The number of carbonyl (C=O) groups is 1. The lowest BCUT2D eigenvalue weighted by Crippen LogP contribution is -2.23. The van der Waals surface area contributed by atoms with E-state index in [-0.39, 0.29) is 11.9 Å². The second-order valence-corrected chi connectivity index (χ2v) is 7.59. The third-order valence-electron chi connectivity index (χ3n) is 2.93. The van der Waals surface area contributed by atoms with Crippen LogP contribution in [0.5, 0.6) is 0 Å². The van der Waals surface area contributed by atoms with Crippen LogP contribution in [0.25, 0.3) is 0 Å². The van der Waals surface area contributed by atoms with Gasteiger partial charge < -0.3 is 10.6 Å². The van der Waals surface area contributed by atoms with E-state index < -0.39 is 0 Å². The number of benzene rings is 1. The molecular weight excluding hydrogens is 360 g/mol. The largest absolute Gasteiger partial charge is 0.324 e. The number of hydrogen-bond acceptors (Lipinski definition) is 6. The highest BCUT2D eigenvalue weighted by molar-refractivity contribution is 9.10. The fraction of sp³-hybridized carbons (Fsp3) is 0.250. The normalized spacial score (nSPS) is 17.1. The third-order valence-corrected chi connectivity index (χ3v) is 5.79. The van der Waals surface area contributed by atoms with Gasteiger partial charge in [-0.15, -0.1) is 10.2 Å². The van der Waals surface area contributed by atoms with Gasteiger partial charge >= 0.3 is 0 Å². The van der Waals surface area contributed by atoms with Crippen molar-refractivity contribution in [3.05, 3.63) is 27.2 Å². The summed E-state index contributed by atoms with van der Waals surface area (Å²) in [6.45, 7) is 1.93. The first kappa shape index (κ1) is 14.0. The molecule has 0 saturated carbocycles. The van der Waals surface area contributed by atoms with Crippen LogP contribution in [0.3, 0.4) is 0 Å². The number of nitrogens with zero attached hydrogens (tertiary/aromatic N) is 2. The quantitative estimate of drug-likeness (QED) is 0.869. The van der Waals surface area contributed by atoms with Gasteiger partial charge in [0, 0.05) is 20.6 Å². The molecule has 1 atom stereocenters. The summed E-state index contributed by atoms with van der Waals surface area (Å²) in [6, 6.07) is 3.66. The predicted molar refractivity (Wildman–Crippen MR) is 83.3 cm³/mol. The van der Waals surface area contributed by atoms with Crippen molar-refractivity contribution < 1.29 is 4.79 Å². The van der Waals surface area contributed by atoms with Crippen LogP contribution in [0, 0.1) is 6.92 Å². The molecule has 2 heterocycles. The maximum atomic E-state index is 11.8. The van der Waals surface area contributed by atoms with Crippen LogP contribution in [0.4, 0.5) is 5.69 Å². The number of aryl methyl sites for hydroxylation is 1. The lowest BCUT2D eigenvalue weighted by atomic mass is 10.1. The van der Waals surface area contributed by atoms with Gasteiger partial charge in [-0.3, -0.25) is 4.79 Å². The molecule has 1 unspecified atom stereocenters. The molecule has 8 heteroatoms. The Morgan fingerprint density at radius 3 is 2.90 bits per heavy atom. The average Bonchev–Trinajstić information content (AvgIpc) is 2.93. The summed E-state index contributed by atoms with van der Waals surface area (Å²) in [5.74, 6) is -0.0247. The van der Waals surface area contributed by atoms with Gasteiger partial charge in [0.2, 0.25) is 5.91 Å². The molecule has 0 bridgehead atoms. The summed E-state index contributed by atoms with van der Waals surface area (Å²) in [6.07, 6.45) is 0. The van der Waals surface area contributed by atoms with E-state index >= 15 is 0 Å². The molecule has 3 rings (SSSR count). The van der Waals surface area contributed by atoms with E-state index in [1.165, 1.54) is 11.8 Å². The van der Waals surface area contributed by atoms with E-state index in [9.17, 15) is 4.79 Å². The predicted octanol–water partition coefficient (Wildman–Crippen LogP) is 2.97. The highest BCUT2D eigenvalue weighted by Crippen LogP contribution is 2.41. The van der Waals surface area contributed by atoms with E-state index in [2.05, 4.69) is 36.8 Å². The molecule has 0 spiro atoms. The monoisotopic (exact) mass is 370 g/mol. The summed E-state index contributed by atoms with van der Waals surface area (Å²) in [4.78, 5) is 12.8. The van der Waals surface area contributed by atoms with Gasteiger partial charge in [-0.1, -0.05) is 23.1 Å². The van der Waals surface area contributed by atoms with Gasteiger partial charge in [-0.2, -0.15) is 0 Å². The Morgan fingerprint density at radius 1 is 1.45 bits per heavy atom. The maximum Gasteiger partial charge on any atom is 0.246 e. The number of anilines is 1. The van der Waals surface area contributed by atoms with Gasteiger partial charge in [-0.25, -0.2) is 0 Å². The lowest BCUT2D eigenvalue weighted by Gasteiger charge is -2.09. The second kappa shape index (κ2) is 5.44. The molecule has 1 aromatic carbocycles. The van der Waals surface area contributed by atoms with E-state index in [1.54, 1.807) is 18.4 Å². The van der Waals surface area contributed by atoms with Crippen molar-refractivity contribution in [3.8, 4) is 0 Å². The van der Waals surface area contributed by atoms with Gasteiger partial charge in [0.05, 0.1) is 0 Å². The molecule has 1 aliphatic heterocycles. The van der Waals surface area contributed by atoms with E-state index in [1.807, 2.05) is 19.1 Å². The van der Waals surface area contributed by atoms with Gasteiger partial charge in [0.15, 0.2) is 4.34 Å². The van der Waals surface area contributed by atoms with Gasteiger partial charge in [0.25, 0.3) is 0 Å². The maximum absolute atomic E-state index is 11.8. The molecule has 1 aliphatic rings. The van der Waals surface area contributed by atoms with Crippen molar-refractivity contribution in [2.24, 2.45) is 0 Å². The molecule has 2 N–H and O–H groups in total. The average molecular weight is 371 g/mol. The Labute approximate surface area is 132 Å². The molecule has 0 saturated heterocycles. The number of halogens is 1. The molecule has 5 nitrogen and oxygen atoms in total. The lowest BCUT2D eigenvalue weighted by molar-refractivity contribution is -0.117. The third kappa shape index (κ3) is 2.48. The van der Waals surface area contributed by atoms with E-state index in [0.29, 0.717) is 0 Å². The molecule has 0 fully saturated rings. The van der Waals surface area contributed by atoms with Crippen LogP contribution < -0.4 is 10.6 Å². The summed E-state index contributed by atoms with van der Waals surface area (Å²) >= 11 is 6.65. The number of nitrogens with one attached hydrogen (secondary N) is 2. The van der Waals surface area contributed by atoms with Gasteiger partial charge in [-0.05, 0) is 42.0 Å². The number of likely N-dealkylation sites (N-methyl/N-ethyl adjacent to an activating group) is 1. The summed E-state index contributed by atoms with van der Waals surface area (Å²) in [5, 5.41) is 14.9. The Kier molecular flexibility index (Phi) is 3.80. The first-order chi connectivity index (χ1) is 9.58. The molecule has 0 aliphatic carbocycles.